The van der Waals surface area contributed by atoms with E-state index in [0.29, 0.717) is 0 Å². The highest BCUT2D eigenvalue weighted by Gasteiger charge is 2.04. The van der Waals surface area contributed by atoms with E-state index >= 15 is 0 Å². The molecule has 0 bridgehead atoms. The van der Waals surface area contributed by atoms with Gasteiger partial charge in [0.05, 0.1) is 0 Å². The molecule has 0 N–H and O–H groups in total. The maximum Gasteiger partial charge on any atom is 0.0483 e. The number of aryl methyl sites for hydroxylation is 2. The average molecular weight is 225 g/mol. The molecule has 2 aromatic rings. The summed E-state index contributed by atoms with van der Waals surface area (Å²) >= 11 is 0. The van der Waals surface area contributed by atoms with Crippen LogP contribution in [0.1, 0.15) is 24.0 Å². The summed E-state index contributed by atoms with van der Waals surface area (Å²) in [6, 6.07) is 6.68. The minimum Gasteiger partial charge on any atom is -0.351 e. The molecule has 0 fully saturated rings. The van der Waals surface area contributed by atoms with Gasteiger partial charge in [0.25, 0.3) is 0 Å². The standard InChI is InChI=1S/C16H19N/c1-4-6-7-8-14-11-15-9-10-17(3)16(15)12-13(14)5-2/h4-5,9-12H,1-2,6-8H2,3H3. The second kappa shape index (κ2) is 5.05. The van der Waals surface area contributed by atoms with Crippen molar-refractivity contribution >= 4 is 17.0 Å². The lowest BCUT2D eigenvalue weighted by molar-refractivity contribution is 0.843. The largest absolute Gasteiger partial charge is 0.351 e. The summed E-state index contributed by atoms with van der Waals surface area (Å²) < 4.78 is 2.15. The Morgan fingerprint density at radius 3 is 2.82 bits per heavy atom. The molecule has 1 nitrogen and oxygen atoms in total. The molecule has 88 valence electrons. The number of hydrogen-bond acceptors (Lipinski definition) is 0. The van der Waals surface area contributed by atoms with Crippen LogP contribution in [0.4, 0.5) is 0 Å². The molecule has 0 aliphatic heterocycles. The predicted octanol–water partition coefficient (Wildman–Crippen LogP) is 4.33. The zero-order valence-corrected chi connectivity index (χ0v) is 10.4. The fourth-order valence-corrected chi connectivity index (χ4v) is 2.22. The molecule has 0 unspecified atom stereocenters. The molecule has 1 aromatic heterocycles. The van der Waals surface area contributed by atoms with E-state index in [9.17, 15) is 0 Å². The third kappa shape index (κ3) is 2.33. The van der Waals surface area contributed by atoms with E-state index in [4.69, 9.17) is 0 Å². The molecule has 17 heavy (non-hydrogen) atoms. The molecule has 0 saturated carbocycles. The Hall–Kier alpha value is -1.76. The molecular formula is C16H19N. The minimum atomic E-state index is 1.07. The van der Waals surface area contributed by atoms with Crippen LogP contribution in [0, 0.1) is 0 Å². The summed E-state index contributed by atoms with van der Waals surface area (Å²) in [5.41, 5.74) is 3.91. The van der Waals surface area contributed by atoms with E-state index in [-0.39, 0.29) is 0 Å². The highest BCUT2D eigenvalue weighted by Crippen LogP contribution is 2.23. The lowest BCUT2D eigenvalue weighted by Gasteiger charge is -2.07. The number of nitrogens with zero attached hydrogens (tertiary/aromatic N) is 1. The summed E-state index contributed by atoms with van der Waals surface area (Å²) in [7, 11) is 2.08. The van der Waals surface area contributed by atoms with Crippen LogP contribution in [0.15, 0.2) is 43.6 Å². The van der Waals surface area contributed by atoms with Crippen molar-refractivity contribution in [3.8, 4) is 0 Å². The average Bonchev–Trinajstić information content (AvgIpc) is 2.70. The van der Waals surface area contributed by atoms with Gasteiger partial charge in [0.15, 0.2) is 0 Å². The van der Waals surface area contributed by atoms with Gasteiger partial charge in [0.2, 0.25) is 0 Å². The van der Waals surface area contributed by atoms with E-state index < -0.39 is 0 Å². The first-order valence-corrected chi connectivity index (χ1v) is 6.07. The maximum atomic E-state index is 3.91. The third-order valence-electron chi connectivity index (χ3n) is 3.22. The van der Waals surface area contributed by atoms with E-state index in [1.165, 1.54) is 22.0 Å². The fourth-order valence-electron chi connectivity index (χ4n) is 2.22. The molecular weight excluding hydrogens is 206 g/mol. The molecule has 0 saturated heterocycles. The fraction of sp³-hybridized carbons (Fsp3) is 0.250. The van der Waals surface area contributed by atoms with E-state index in [0.717, 1.165) is 19.3 Å². The Bertz CT molecular complexity index is 546. The summed E-state index contributed by atoms with van der Waals surface area (Å²) in [6.45, 7) is 7.68. The number of fused-ring (bicyclic) bond motifs is 1. The Morgan fingerprint density at radius 1 is 1.29 bits per heavy atom. The van der Waals surface area contributed by atoms with Crippen LogP contribution in [0.2, 0.25) is 0 Å². The van der Waals surface area contributed by atoms with Crippen molar-refractivity contribution in [3.05, 3.63) is 54.8 Å². The van der Waals surface area contributed by atoms with Crippen LogP contribution >= 0.6 is 0 Å². The van der Waals surface area contributed by atoms with Crippen LogP contribution in [0.25, 0.3) is 17.0 Å². The molecule has 0 atom stereocenters. The van der Waals surface area contributed by atoms with E-state index in [2.05, 4.69) is 49.2 Å². The van der Waals surface area contributed by atoms with Crippen LogP contribution in [-0.4, -0.2) is 4.57 Å². The van der Waals surface area contributed by atoms with Gasteiger partial charge in [-0.1, -0.05) is 18.7 Å². The summed E-state index contributed by atoms with van der Waals surface area (Å²) in [5, 5.41) is 1.31. The van der Waals surface area contributed by atoms with Gasteiger partial charge >= 0.3 is 0 Å². The van der Waals surface area contributed by atoms with Crippen molar-refractivity contribution in [2.75, 3.05) is 0 Å². The molecule has 0 aliphatic carbocycles. The van der Waals surface area contributed by atoms with Crippen molar-refractivity contribution in [2.45, 2.75) is 19.3 Å². The van der Waals surface area contributed by atoms with E-state index in [1.54, 1.807) is 0 Å². The van der Waals surface area contributed by atoms with Gasteiger partial charge < -0.3 is 4.57 Å². The van der Waals surface area contributed by atoms with Gasteiger partial charge in [-0.3, -0.25) is 0 Å². The monoisotopic (exact) mass is 225 g/mol. The SMILES string of the molecule is C=CCCCc1cc2ccn(C)c2cc1C=C. The molecule has 1 heteroatoms. The maximum absolute atomic E-state index is 3.91. The zero-order valence-electron chi connectivity index (χ0n) is 10.4. The zero-order chi connectivity index (χ0) is 12.3. The third-order valence-corrected chi connectivity index (χ3v) is 3.22. The molecule has 2 rings (SSSR count). The van der Waals surface area contributed by atoms with Gasteiger partial charge in [-0.05, 0) is 54.0 Å². The van der Waals surface area contributed by atoms with Gasteiger partial charge in [0, 0.05) is 18.8 Å². The smallest absolute Gasteiger partial charge is 0.0483 e. The van der Waals surface area contributed by atoms with Crippen LogP contribution in [0.5, 0.6) is 0 Å². The summed E-state index contributed by atoms with van der Waals surface area (Å²) in [4.78, 5) is 0. The Morgan fingerprint density at radius 2 is 2.12 bits per heavy atom. The van der Waals surface area contributed by atoms with Crippen molar-refractivity contribution in [1.82, 2.24) is 4.57 Å². The number of hydrogen-bond donors (Lipinski definition) is 0. The normalized spacial score (nSPS) is 10.6. The number of unbranched alkanes of at least 4 members (excludes halogenated alkanes) is 1. The minimum absolute atomic E-state index is 1.07. The van der Waals surface area contributed by atoms with Crippen molar-refractivity contribution in [3.63, 3.8) is 0 Å². The highest BCUT2D eigenvalue weighted by molar-refractivity contribution is 5.84. The Labute approximate surface area is 103 Å². The highest BCUT2D eigenvalue weighted by atomic mass is 14.9. The molecule has 1 aromatic carbocycles. The van der Waals surface area contributed by atoms with Crippen molar-refractivity contribution in [1.29, 1.82) is 0 Å². The molecule has 0 radical (unpaired) electrons. The molecule has 0 spiro atoms. The number of allylic oxidation sites excluding steroid dienone is 1. The lowest BCUT2D eigenvalue weighted by Crippen LogP contribution is -1.92. The summed E-state index contributed by atoms with van der Waals surface area (Å²) in [5.74, 6) is 0. The topological polar surface area (TPSA) is 4.93 Å². The quantitative estimate of drug-likeness (QED) is 0.527. The number of aromatic nitrogens is 1. The summed E-state index contributed by atoms with van der Waals surface area (Å²) in [6.07, 6.45) is 9.36. The Kier molecular flexibility index (Phi) is 3.48. The van der Waals surface area contributed by atoms with Gasteiger partial charge in [-0.25, -0.2) is 0 Å². The number of benzene rings is 1. The first-order valence-electron chi connectivity index (χ1n) is 6.07. The van der Waals surface area contributed by atoms with Gasteiger partial charge in [-0.2, -0.15) is 0 Å². The van der Waals surface area contributed by atoms with Crippen LogP contribution in [-0.2, 0) is 13.5 Å². The second-order valence-corrected chi connectivity index (χ2v) is 4.42. The van der Waals surface area contributed by atoms with Gasteiger partial charge in [-0.15, -0.1) is 6.58 Å². The van der Waals surface area contributed by atoms with E-state index in [1.807, 2.05) is 12.2 Å². The number of rotatable bonds is 5. The predicted molar refractivity (Wildman–Crippen MR) is 76.1 cm³/mol. The lowest BCUT2D eigenvalue weighted by atomic mass is 10.00. The molecule has 0 amide bonds. The van der Waals surface area contributed by atoms with Crippen molar-refractivity contribution < 1.29 is 0 Å². The first kappa shape index (κ1) is 11.7. The Balaban J connectivity index is 2.39. The van der Waals surface area contributed by atoms with Crippen molar-refractivity contribution in [2.24, 2.45) is 7.05 Å². The van der Waals surface area contributed by atoms with Gasteiger partial charge in [0.1, 0.15) is 0 Å². The van der Waals surface area contributed by atoms with Crippen LogP contribution in [0.3, 0.4) is 0 Å². The first-order chi connectivity index (χ1) is 8.26. The second-order valence-electron chi connectivity index (χ2n) is 4.42. The molecule has 1 heterocycles. The molecule has 0 aliphatic rings. The van der Waals surface area contributed by atoms with Crippen LogP contribution < -0.4 is 0 Å².